The Labute approximate surface area is 177 Å². The summed E-state index contributed by atoms with van der Waals surface area (Å²) in [5.74, 6) is -1.36. The summed E-state index contributed by atoms with van der Waals surface area (Å²) in [6.07, 6.45) is -3.90. The highest BCUT2D eigenvalue weighted by Crippen LogP contribution is 2.12. The Kier molecular flexibility index (Phi) is 9.89. The maximum absolute atomic E-state index is 12.3. The first-order valence-corrected chi connectivity index (χ1v) is 9.59. The van der Waals surface area contributed by atoms with E-state index in [1.54, 1.807) is 35.5 Å². The van der Waals surface area contributed by atoms with E-state index < -0.39 is 35.7 Å². The normalized spacial score (nSPS) is 19.0. The molecule has 168 valence electrons. The number of rotatable bonds is 12. The van der Waals surface area contributed by atoms with Crippen molar-refractivity contribution in [1.82, 2.24) is 14.7 Å². The Balaban J connectivity index is 2.92. The van der Waals surface area contributed by atoms with Gasteiger partial charge in [0.2, 0.25) is 0 Å². The third-order valence-corrected chi connectivity index (χ3v) is 4.65. The summed E-state index contributed by atoms with van der Waals surface area (Å²) in [6.45, 7) is 15.7. The summed E-state index contributed by atoms with van der Waals surface area (Å²) in [6, 6.07) is 0. The molecule has 0 amide bonds. The van der Waals surface area contributed by atoms with Gasteiger partial charge in [0.1, 0.15) is 18.3 Å². The van der Waals surface area contributed by atoms with Crippen LogP contribution < -0.4 is 0 Å². The maximum atomic E-state index is 12.3. The fraction of sp³-hybridized carbons (Fsp3) is 0.571. The zero-order valence-corrected chi connectivity index (χ0v) is 18.0. The van der Waals surface area contributed by atoms with Gasteiger partial charge in [-0.1, -0.05) is 19.7 Å². The van der Waals surface area contributed by atoms with Crippen LogP contribution in [-0.4, -0.2) is 105 Å². The molecular weight excluding hydrogens is 390 g/mol. The summed E-state index contributed by atoms with van der Waals surface area (Å²) >= 11 is 0. The van der Waals surface area contributed by atoms with E-state index in [0.717, 1.165) is 0 Å². The first-order valence-electron chi connectivity index (χ1n) is 9.59. The number of carbonyl (C=O) groups is 3. The van der Waals surface area contributed by atoms with E-state index in [9.17, 15) is 29.7 Å². The van der Waals surface area contributed by atoms with Gasteiger partial charge in [0.15, 0.2) is 17.3 Å². The van der Waals surface area contributed by atoms with Gasteiger partial charge < -0.3 is 15.3 Å². The molecule has 9 nitrogen and oxygen atoms in total. The van der Waals surface area contributed by atoms with Crippen molar-refractivity contribution in [2.75, 3.05) is 39.6 Å². The van der Waals surface area contributed by atoms with Gasteiger partial charge in [-0.05, 0) is 37.5 Å². The van der Waals surface area contributed by atoms with E-state index >= 15 is 0 Å². The smallest absolute Gasteiger partial charge is 0.179 e. The molecule has 3 atom stereocenters. The third-order valence-electron chi connectivity index (χ3n) is 4.65. The zero-order chi connectivity index (χ0) is 23.2. The number of carbonyl (C=O) groups excluding carboxylic acids is 3. The number of Topliss-reactive ketones (excluding diaryl/α,β-unsaturated/α-hetero) is 3. The van der Waals surface area contributed by atoms with Crippen LogP contribution in [-0.2, 0) is 14.4 Å². The molecule has 1 heterocycles. The summed E-state index contributed by atoms with van der Waals surface area (Å²) in [4.78, 5) is 41.8. The van der Waals surface area contributed by atoms with Crippen LogP contribution in [0, 0.1) is 0 Å². The third kappa shape index (κ3) is 7.67. The monoisotopic (exact) mass is 423 g/mol. The van der Waals surface area contributed by atoms with Crippen molar-refractivity contribution in [3.8, 4) is 0 Å². The summed E-state index contributed by atoms with van der Waals surface area (Å²) in [5.41, 5.74) is 0.973. The second-order valence-electron chi connectivity index (χ2n) is 8.06. The van der Waals surface area contributed by atoms with Crippen molar-refractivity contribution in [2.45, 2.75) is 39.1 Å². The van der Waals surface area contributed by atoms with Crippen LogP contribution >= 0.6 is 0 Å². The molecule has 0 radical (unpaired) electrons. The van der Waals surface area contributed by atoms with Crippen LogP contribution in [0.2, 0.25) is 0 Å². The highest BCUT2D eigenvalue weighted by Gasteiger charge is 2.31. The highest BCUT2D eigenvalue weighted by atomic mass is 16.3. The number of hydrogen-bond donors (Lipinski definition) is 3. The van der Waals surface area contributed by atoms with E-state index in [1.165, 1.54) is 0 Å². The van der Waals surface area contributed by atoms with Gasteiger partial charge in [0, 0.05) is 0 Å². The first-order chi connectivity index (χ1) is 13.8. The van der Waals surface area contributed by atoms with Gasteiger partial charge in [0.25, 0.3) is 0 Å². The van der Waals surface area contributed by atoms with E-state index in [1.807, 2.05) is 0 Å². The van der Waals surface area contributed by atoms with Crippen LogP contribution in [0.25, 0.3) is 0 Å². The summed E-state index contributed by atoms with van der Waals surface area (Å²) < 4.78 is 0. The van der Waals surface area contributed by atoms with Crippen molar-refractivity contribution in [3.63, 3.8) is 0 Å². The predicted octanol–water partition coefficient (Wildman–Crippen LogP) is -0.703. The van der Waals surface area contributed by atoms with Gasteiger partial charge in [-0.2, -0.15) is 0 Å². The fourth-order valence-electron chi connectivity index (χ4n) is 3.03. The molecule has 0 saturated carbocycles. The first kappa shape index (κ1) is 26.0. The number of ketones is 3. The molecular formula is C21H33N3O6. The molecule has 1 rings (SSSR count). The van der Waals surface area contributed by atoms with Crippen LogP contribution in [0.1, 0.15) is 20.8 Å². The number of nitrogens with zero attached hydrogens (tertiary/aromatic N) is 3. The number of aliphatic hydroxyl groups is 3. The number of aliphatic hydroxyl groups excluding tert-OH is 3. The quantitative estimate of drug-likeness (QED) is 0.350. The molecule has 3 N–H and O–H groups in total. The lowest BCUT2D eigenvalue weighted by molar-refractivity contribution is -0.136. The van der Waals surface area contributed by atoms with Crippen LogP contribution in [0.15, 0.2) is 36.5 Å². The molecule has 0 aromatic rings. The second-order valence-corrected chi connectivity index (χ2v) is 8.06. The minimum absolute atomic E-state index is 0.116. The molecule has 0 spiro atoms. The summed E-state index contributed by atoms with van der Waals surface area (Å²) in [7, 11) is 0. The molecule has 1 saturated heterocycles. The SMILES string of the molecule is C=C(C)C(O)C(=O)CN1CN(CC(=O)C(O)C(=C)C)CN(CC(=O)C(O)C(=C)C)C1. The van der Waals surface area contributed by atoms with E-state index in [0.29, 0.717) is 16.7 Å². The van der Waals surface area contributed by atoms with Crippen LogP contribution in [0.3, 0.4) is 0 Å². The Bertz CT molecular complexity index is 618. The average Bonchev–Trinajstić information content (AvgIpc) is 2.65. The van der Waals surface area contributed by atoms with E-state index in [4.69, 9.17) is 0 Å². The molecule has 0 aromatic heterocycles. The zero-order valence-electron chi connectivity index (χ0n) is 18.0. The van der Waals surface area contributed by atoms with Gasteiger partial charge >= 0.3 is 0 Å². The van der Waals surface area contributed by atoms with Crippen molar-refractivity contribution in [3.05, 3.63) is 36.5 Å². The molecule has 0 bridgehead atoms. The standard InChI is InChI=1S/C21H33N3O6/c1-13(2)19(28)16(25)7-22-10-23(8-17(26)20(29)14(3)4)12-24(11-22)9-18(27)21(30)15(5)6/h19-21,28-30H,1,3,5,7-12H2,2,4,6H3. The lowest BCUT2D eigenvalue weighted by Gasteiger charge is -2.42. The molecule has 9 heteroatoms. The van der Waals surface area contributed by atoms with Gasteiger partial charge in [-0.25, -0.2) is 0 Å². The van der Waals surface area contributed by atoms with Crippen molar-refractivity contribution >= 4 is 17.3 Å². The van der Waals surface area contributed by atoms with Crippen LogP contribution in [0.5, 0.6) is 0 Å². The second kappa shape index (κ2) is 11.4. The Morgan fingerprint density at radius 1 is 0.633 bits per heavy atom. The minimum atomic E-state index is -1.30. The van der Waals surface area contributed by atoms with E-state index in [-0.39, 0.29) is 39.6 Å². The molecule has 0 aliphatic carbocycles. The Morgan fingerprint density at radius 2 is 0.833 bits per heavy atom. The number of hydrogen-bond acceptors (Lipinski definition) is 9. The van der Waals surface area contributed by atoms with Gasteiger partial charge in [-0.3, -0.25) is 29.1 Å². The lowest BCUT2D eigenvalue weighted by atomic mass is 10.1. The van der Waals surface area contributed by atoms with Gasteiger partial charge in [0.05, 0.1) is 39.6 Å². The molecule has 0 aromatic carbocycles. The molecule has 3 unspecified atom stereocenters. The molecule has 1 aliphatic heterocycles. The van der Waals surface area contributed by atoms with Gasteiger partial charge in [-0.15, -0.1) is 0 Å². The predicted molar refractivity (Wildman–Crippen MR) is 112 cm³/mol. The topological polar surface area (TPSA) is 122 Å². The van der Waals surface area contributed by atoms with Crippen molar-refractivity contribution in [2.24, 2.45) is 0 Å². The molecule has 1 aliphatic rings. The van der Waals surface area contributed by atoms with Crippen LogP contribution in [0.4, 0.5) is 0 Å². The Hall–Kier alpha value is -2.01. The summed E-state index contributed by atoms with van der Waals surface area (Å²) in [5, 5.41) is 29.8. The van der Waals surface area contributed by atoms with Crippen molar-refractivity contribution in [1.29, 1.82) is 0 Å². The fourth-order valence-corrected chi connectivity index (χ4v) is 3.03. The Morgan fingerprint density at radius 3 is 1.00 bits per heavy atom. The van der Waals surface area contributed by atoms with E-state index in [2.05, 4.69) is 19.7 Å². The lowest BCUT2D eigenvalue weighted by Crippen LogP contribution is -2.59. The van der Waals surface area contributed by atoms with Crippen molar-refractivity contribution < 1.29 is 29.7 Å². The minimum Gasteiger partial charge on any atom is -0.381 e. The molecule has 30 heavy (non-hydrogen) atoms. The highest BCUT2D eigenvalue weighted by molar-refractivity contribution is 5.88. The maximum Gasteiger partial charge on any atom is 0.179 e. The molecule has 1 fully saturated rings. The largest absolute Gasteiger partial charge is 0.381 e. The average molecular weight is 424 g/mol.